The van der Waals surface area contributed by atoms with E-state index in [0.717, 1.165) is 68.7 Å². The zero-order chi connectivity index (χ0) is 35.8. The molecule has 50 heavy (non-hydrogen) atoms. The number of aromatic nitrogens is 1. The van der Waals surface area contributed by atoms with Crippen LogP contribution in [-0.4, -0.2) is 36.3 Å². The van der Waals surface area contributed by atoms with Crippen molar-refractivity contribution in [3.05, 3.63) is 66.6 Å². The van der Waals surface area contributed by atoms with Crippen molar-refractivity contribution < 1.29 is 9.47 Å². The Bertz CT molecular complexity index is 1010. The highest BCUT2D eigenvalue weighted by Gasteiger charge is 2.40. The molecule has 0 atom stereocenters. The maximum atomic E-state index is 6.69. The van der Waals surface area contributed by atoms with E-state index >= 15 is 0 Å². The molecule has 0 fully saturated rings. The van der Waals surface area contributed by atoms with Gasteiger partial charge < -0.3 is 14.4 Å². The summed E-state index contributed by atoms with van der Waals surface area (Å²) in [5.74, 6) is 1.21. The number of pyridine rings is 1. The van der Waals surface area contributed by atoms with Crippen molar-refractivity contribution >= 4 is 0 Å². The number of hydrogen-bond donors (Lipinski definition) is 0. The highest BCUT2D eigenvalue weighted by molar-refractivity contribution is 5.42. The average molecular weight is 691 g/mol. The van der Waals surface area contributed by atoms with Crippen LogP contribution in [-0.2, 0) is 6.42 Å². The van der Waals surface area contributed by atoms with Gasteiger partial charge >= 0.3 is 0 Å². The van der Waals surface area contributed by atoms with Crippen LogP contribution < -0.4 is 9.47 Å². The van der Waals surface area contributed by atoms with Gasteiger partial charge in [0.1, 0.15) is 0 Å². The van der Waals surface area contributed by atoms with E-state index in [4.69, 9.17) is 14.5 Å². The van der Waals surface area contributed by atoms with Crippen LogP contribution in [0.15, 0.2) is 60.9 Å². The van der Waals surface area contributed by atoms with E-state index < -0.39 is 5.79 Å². The third-order valence-electron chi connectivity index (χ3n) is 9.81. The molecule has 2 heterocycles. The fraction of sp³-hybridized carbons (Fsp3) is 0.717. The standard InChI is InChI=1S/C46H78N2O2/c1-5-7-9-11-13-15-17-19-21-23-25-27-29-31-33-35-38-46(49-44-41-43(37-40-48(3)4)47-42-45(44)50-46)39-36-34-32-30-28-26-24-22-20-18-16-14-12-10-8-6-2/h13-16,19-22,41-42H,5-12,17-18,23-40H2,1-4H3. The van der Waals surface area contributed by atoms with E-state index in [1.807, 2.05) is 6.20 Å². The lowest BCUT2D eigenvalue weighted by Gasteiger charge is -2.28. The van der Waals surface area contributed by atoms with Crippen molar-refractivity contribution in [3.63, 3.8) is 0 Å². The molecule has 1 aliphatic rings. The minimum absolute atomic E-state index is 0.519. The maximum absolute atomic E-state index is 6.69. The number of hydrogen-bond acceptors (Lipinski definition) is 4. The van der Waals surface area contributed by atoms with Crippen LogP contribution in [0.1, 0.15) is 186 Å². The zero-order valence-corrected chi connectivity index (χ0v) is 33.3. The van der Waals surface area contributed by atoms with E-state index in [2.05, 4.69) is 87.5 Å². The Balaban J connectivity index is 1.65. The summed E-state index contributed by atoms with van der Waals surface area (Å²) in [6.07, 6.45) is 53.9. The molecule has 0 aromatic carbocycles. The molecule has 1 aromatic rings. The van der Waals surface area contributed by atoms with Gasteiger partial charge in [-0.1, -0.05) is 140 Å². The first kappa shape index (κ1) is 43.8. The molecule has 0 unspecified atom stereocenters. The van der Waals surface area contributed by atoms with Crippen molar-refractivity contribution in [1.29, 1.82) is 0 Å². The maximum Gasteiger partial charge on any atom is 0.251 e. The summed E-state index contributed by atoms with van der Waals surface area (Å²) in [4.78, 5) is 6.90. The van der Waals surface area contributed by atoms with Crippen LogP contribution >= 0.6 is 0 Å². The molecule has 0 amide bonds. The van der Waals surface area contributed by atoms with Gasteiger partial charge in [0, 0.05) is 37.6 Å². The van der Waals surface area contributed by atoms with Crippen LogP contribution in [0.2, 0.25) is 0 Å². The minimum atomic E-state index is -0.519. The van der Waals surface area contributed by atoms with Gasteiger partial charge in [0.25, 0.3) is 5.79 Å². The van der Waals surface area contributed by atoms with Crippen LogP contribution in [0.5, 0.6) is 11.5 Å². The van der Waals surface area contributed by atoms with Gasteiger partial charge in [0.2, 0.25) is 0 Å². The van der Waals surface area contributed by atoms with Crippen LogP contribution in [0, 0.1) is 0 Å². The van der Waals surface area contributed by atoms with E-state index in [-0.39, 0.29) is 0 Å². The van der Waals surface area contributed by atoms with Crippen molar-refractivity contribution in [2.75, 3.05) is 20.6 Å². The van der Waals surface area contributed by atoms with Gasteiger partial charge in [0.05, 0.1) is 6.20 Å². The lowest BCUT2D eigenvalue weighted by Crippen LogP contribution is -2.38. The quantitative estimate of drug-likeness (QED) is 0.0543. The smallest absolute Gasteiger partial charge is 0.251 e. The number of fused-ring (bicyclic) bond motifs is 1. The fourth-order valence-electron chi connectivity index (χ4n) is 6.61. The molecule has 1 aromatic heterocycles. The third-order valence-corrected chi connectivity index (χ3v) is 9.81. The van der Waals surface area contributed by atoms with Crippen molar-refractivity contribution in [2.24, 2.45) is 0 Å². The molecule has 0 saturated heterocycles. The van der Waals surface area contributed by atoms with Crippen LogP contribution in [0.25, 0.3) is 0 Å². The molecule has 0 N–H and O–H groups in total. The SMILES string of the molecule is CCCCCC=CCC=CCCCCCCCCC1(CCCCCCCCC=CCC=CCCCCC)Oc2cnc(CCN(C)C)cc2O1. The Morgan fingerprint density at radius 1 is 0.540 bits per heavy atom. The van der Waals surface area contributed by atoms with Gasteiger partial charge in [-0.3, -0.25) is 4.98 Å². The Hall–Kier alpha value is -2.33. The molecule has 0 aliphatic carbocycles. The van der Waals surface area contributed by atoms with E-state index in [1.165, 1.54) is 128 Å². The molecular weight excluding hydrogens is 613 g/mol. The summed E-state index contributed by atoms with van der Waals surface area (Å²) >= 11 is 0. The lowest BCUT2D eigenvalue weighted by atomic mass is 9.98. The fourth-order valence-corrected chi connectivity index (χ4v) is 6.61. The van der Waals surface area contributed by atoms with Gasteiger partial charge in [-0.25, -0.2) is 0 Å². The summed E-state index contributed by atoms with van der Waals surface area (Å²) in [6.45, 7) is 5.52. The number of likely N-dealkylation sites (N-methyl/N-ethyl adjacent to an activating group) is 1. The summed E-state index contributed by atoms with van der Waals surface area (Å²) in [5.41, 5.74) is 1.08. The monoisotopic (exact) mass is 691 g/mol. The van der Waals surface area contributed by atoms with Crippen molar-refractivity contribution in [2.45, 2.75) is 193 Å². The largest absolute Gasteiger partial charge is 0.448 e. The van der Waals surface area contributed by atoms with E-state index in [1.54, 1.807) is 0 Å². The highest BCUT2D eigenvalue weighted by Crippen LogP contribution is 2.44. The number of ether oxygens (including phenoxy) is 2. The van der Waals surface area contributed by atoms with Gasteiger partial charge in [-0.2, -0.15) is 0 Å². The Morgan fingerprint density at radius 3 is 1.42 bits per heavy atom. The first-order valence-corrected chi connectivity index (χ1v) is 21.2. The second-order valence-corrected chi connectivity index (χ2v) is 15.0. The Morgan fingerprint density at radius 2 is 0.960 bits per heavy atom. The van der Waals surface area contributed by atoms with Crippen LogP contribution in [0.3, 0.4) is 0 Å². The summed E-state index contributed by atoms with van der Waals surface area (Å²) in [6, 6.07) is 2.12. The highest BCUT2D eigenvalue weighted by atomic mass is 16.7. The first-order valence-electron chi connectivity index (χ1n) is 21.2. The Labute approximate surface area is 310 Å². The number of rotatable bonds is 33. The van der Waals surface area contributed by atoms with Gasteiger partial charge in [-0.15, -0.1) is 0 Å². The van der Waals surface area contributed by atoms with Crippen LogP contribution in [0.4, 0.5) is 0 Å². The Kier molecular flexibility index (Phi) is 26.6. The molecule has 0 bridgehead atoms. The summed E-state index contributed by atoms with van der Waals surface area (Å²) < 4.78 is 13.3. The predicted molar refractivity (Wildman–Crippen MR) is 218 cm³/mol. The summed E-state index contributed by atoms with van der Waals surface area (Å²) in [7, 11) is 4.22. The molecule has 4 nitrogen and oxygen atoms in total. The molecule has 1 aliphatic heterocycles. The topological polar surface area (TPSA) is 34.6 Å². The minimum Gasteiger partial charge on any atom is -0.448 e. The predicted octanol–water partition coefficient (Wildman–Crippen LogP) is 14.1. The molecule has 284 valence electrons. The number of allylic oxidation sites excluding steroid dienone is 8. The van der Waals surface area contributed by atoms with E-state index in [9.17, 15) is 0 Å². The molecule has 0 saturated carbocycles. The van der Waals surface area contributed by atoms with Crippen molar-refractivity contribution in [3.8, 4) is 11.5 Å². The normalized spacial score (nSPS) is 16.1. The molecule has 0 spiro atoms. The van der Waals surface area contributed by atoms with Gasteiger partial charge in [0.15, 0.2) is 11.5 Å². The first-order chi connectivity index (χ1) is 24.6. The molecule has 4 heteroatoms. The van der Waals surface area contributed by atoms with Crippen molar-refractivity contribution in [1.82, 2.24) is 9.88 Å². The lowest BCUT2D eigenvalue weighted by molar-refractivity contribution is -0.0950. The van der Waals surface area contributed by atoms with E-state index in [0.29, 0.717) is 0 Å². The van der Waals surface area contributed by atoms with Gasteiger partial charge in [-0.05, 0) is 91.1 Å². The summed E-state index contributed by atoms with van der Waals surface area (Å²) in [5, 5.41) is 0. The second kappa shape index (κ2) is 30.3. The third kappa shape index (κ3) is 22.5. The average Bonchev–Trinajstić information content (AvgIpc) is 3.48. The molecular formula is C46H78N2O2. The second-order valence-electron chi connectivity index (χ2n) is 15.0. The molecule has 0 radical (unpaired) electrons. The number of unbranched alkanes of at least 4 members (excludes halogenated alkanes) is 18. The zero-order valence-electron chi connectivity index (χ0n) is 33.3. The molecule has 2 rings (SSSR count). The number of nitrogens with zero attached hydrogens (tertiary/aromatic N) is 2.